The molecule has 22 heavy (non-hydrogen) atoms. The zero-order valence-corrected chi connectivity index (χ0v) is 13.2. The molecule has 3 rings (SSSR count). The minimum Gasteiger partial charge on any atom is -0.379 e. The molecule has 0 amide bonds. The highest BCUT2D eigenvalue weighted by Crippen LogP contribution is 2.29. The van der Waals surface area contributed by atoms with Gasteiger partial charge in [-0.3, -0.25) is 9.78 Å². The Hall–Kier alpha value is -2.42. The van der Waals surface area contributed by atoms with Gasteiger partial charge in [-0.1, -0.05) is 24.3 Å². The Bertz CT molecular complexity index is 760. The van der Waals surface area contributed by atoms with Gasteiger partial charge in [-0.05, 0) is 44.4 Å². The molecular formula is C19H20N2O. The number of allylic oxidation sites excluding steroid dienone is 1. The number of aryl methyl sites for hydroxylation is 1. The number of carbonyl (C=O) groups excluding carboxylic acids is 1. The van der Waals surface area contributed by atoms with Crippen molar-refractivity contribution in [2.24, 2.45) is 0 Å². The Balaban J connectivity index is 2.04. The molecule has 112 valence electrons. The molecule has 1 aliphatic heterocycles. The Kier molecular flexibility index (Phi) is 3.57. The molecule has 3 nitrogen and oxygen atoms in total. The van der Waals surface area contributed by atoms with E-state index in [1.54, 1.807) is 24.5 Å². The number of ketones is 1. The number of benzene rings is 1. The number of fused-ring (bicyclic) bond motifs is 1. The van der Waals surface area contributed by atoms with Gasteiger partial charge < -0.3 is 5.32 Å². The summed E-state index contributed by atoms with van der Waals surface area (Å²) in [6.45, 7) is 6.21. The Labute approximate surface area is 131 Å². The number of hydrogen-bond acceptors (Lipinski definition) is 3. The predicted molar refractivity (Wildman–Crippen MR) is 88.6 cm³/mol. The van der Waals surface area contributed by atoms with Crippen molar-refractivity contribution in [2.45, 2.75) is 32.7 Å². The van der Waals surface area contributed by atoms with Crippen molar-refractivity contribution in [2.75, 3.05) is 0 Å². The minimum absolute atomic E-state index is 0.00917. The molecule has 0 aliphatic carbocycles. The van der Waals surface area contributed by atoms with E-state index in [1.165, 1.54) is 5.56 Å². The van der Waals surface area contributed by atoms with Gasteiger partial charge in [0.15, 0.2) is 5.78 Å². The van der Waals surface area contributed by atoms with E-state index in [4.69, 9.17) is 0 Å². The molecule has 2 aromatic rings. The summed E-state index contributed by atoms with van der Waals surface area (Å²) in [7, 11) is 0. The summed E-state index contributed by atoms with van der Waals surface area (Å²) < 4.78 is 0. The molecule has 0 unspecified atom stereocenters. The van der Waals surface area contributed by atoms with Crippen LogP contribution >= 0.6 is 0 Å². The second-order valence-corrected chi connectivity index (χ2v) is 6.46. The van der Waals surface area contributed by atoms with Gasteiger partial charge in [-0.15, -0.1) is 0 Å². The first-order valence-electron chi connectivity index (χ1n) is 7.49. The maximum Gasteiger partial charge on any atom is 0.188 e. The van der Waals surface area contributed by atoms with Gasteiger partial charge in [0, 0.05) is 40.8 Å². The summed E-state index contributed by atoms with van der Waals surface area (Å²) in [5.41, 5.74) is 4.82. The van der Waals surface area contributed by atoms with Crippen molar-refractivity contribution in [1.29, 1.82) is 0 Å². The molecule has 0 saturated carbocycles. The first-order chi connectivity index (χ1) is 10.5. The molecular weight excluding hydrogens is 272 g/mol. The van der Waals surface area contributed by atoms with Gasteiger partial charge in [0.25, 0.3) is 0 Å². The summed E-state index contributed by atoms with van der Waals surface area (Å²) >= 11 is 0. The number of rotatable bonds is 2. The lowest BCUT2D eigenvalue weighted by Crippen LogP contribution is -2.43. The van der Waals surface area contributed by atoms with E-state index in [0.29, 0.717) is 5.56 Å². The Morgan fingerprint density at radius 3 is 2.82 bits per heavy atom. The quantitative estimate of drug-likeness (QED) is 0.680. The first-order valence-corrected chi connectivity index (χ1v) is 7.49. The van der Waals surface area contributed by atoms with Crippen molar-refractivity contribution in [3.8, 4) is 0 Å². The monoisotopic (exact) mass is 292 g/mol. The molecule has 1 aromatic heterocycles. The summed E-state index contributed by atoms with van der Waals surface area (Å²) in [4.78, 5) is 16.7. The van der Waals surface area contributed by atoms with Crippen LogP contribution < -0.4 is 5.32 Å². The molecule has 3 heteroatoms. The third kappa shape index (κ3) is 2.80. The normalized spacial score (nSPS) is 17.7. The van der Waals surface area contributed by atoms with Crippen LogP contribution in [0, 0.1) is 6.92 Å². The molecule has 0 saturated heterocycles. The van der Waals surface area contributed by atoms with Crippen molar-refractivity contribution in [3.05, 3.63) is 71.1 Å². The molecule has 0 radical (unpaired) electrons. The fraction of sp³-hybridized carbons (Fsp3) is 0.263. The highest BCUT2D eigenvalue weighted by Gasteiger charge is 2.27. The van der Waals surface area contributed by atoms with E-state index in [1.807, 2.05) is 19.1 Å². The van der Waals surface area contributed by atoms with Crippen LogP contribution in [0.2, 0.25) is 0 Å². The minimum atomic E-state index is -0.0618. The van der Waals surface area contributed by atoms with Crippen LogP contribution in [0.4, 0.5) is 0 Å². The number of aromatic nitrogens is 1. The highest BCUT2D eigenvalue weighted by molar-refractivity contribution is 6.09. The van der Waals surface area contributed by atoms with Crippen LogP contribution in [0.25, 0.3) is 5.70 Å². The smallest absolute Gasteiger partial charge is 0.188 e. The molecule has 1 aromatic carbocycles. The van der Waals surface area contributed by atoms with Crippen molar-refractivity contribution >= 4 is 11.5 Å². The van der Waals surface area contributed by atoms with Gasteiger partial charge >= 0.3 is 0 Å². The van der Waals surface area contributed by atoms with Crippen molar-refractivity contribution in [3.63, 3.8) is 0 Å². The first kappa shape index (κ1) is 14.5. The second kappa shape index (κ2) is 5.41. The molecule has 0 fully saturated rings. The topological polar surface area (TPSA) is 42.0 Å². The Morgan fingerprint density at radius 2 is 2.05 bits per heavy atom. The van der Waals surface area contributed by atoms with Gasteiger partial charge in [0.1, 0.15) is 0 Å². The van der Waals surface area contributed by atoms with E-state index in [9.17, 15) is 4.79 Å². The average molecular weight is 292 g/mol. The number of carbonyl (C=O) groups is 1. The summed E-state index contributed by atoms with van der Waals surface area (Å²) in [6, 6.07) is 10.0. The molecule has 2 heterocycles. The predicted octanol–water partition coefficient (Wildman–Crippen LogP) is 3.54. The van der Waals surface area contributed by atoms with Gasteiger partial charge in [0.2, 0.25) is 0 Å². The summed E-state index contributed by atoms with van der Waals surface area (Å²) in [5.74, 6) is 0.00917. The standard InChI is InChI=1S/C19H20N2O/c1-13-12-20-9-8-15(13)18(22)10-17-16-7-5-4-6-14(16)11-19(2,3)21-17/h4-10,12,21H,11H2,1-3H3/b17-10+. The third-order valence-corrected chi connectivity index (χ3v) is 3.97. The van der Waals surface area contributed by atoms with Crippen LogP contribution in [0.3, 0.4) is 0 Å². The lowest BCUT2D eigenvalue weighted by molar-refractivity contribution is 0.104. The third-order valence-electron chi connectivity index (χ3n) is 3.97. The fourth-order valence-corrected chi connectivity index (χ4v) is 2.96. The molecule has 0 bridgehead atoms. The maximum absolute atomic E-state index is 12.6. The zero-order chi connectivity index (χ0) is 15.7. The van der Waals surface area contributed by atoms with E-state index in [2.05, 4.69) is 36.3 Å². The average Bonchev–Trinajstić information content (AvgIpc) is 2.46. The van der Waals surface area contributed by atoms with Crippen LogP contribution in [-0.4, -0.2) is 16.3 Å². The van der Waals surface area contributed by atoms with E-state index in [0.717, 1.165) is 23.2 Å². The van der Waals surface area contributed by atoms with Crippen LogP contribution in [0.5, 0.6) is 0 Å². The summed E-state index contributed by atoms with van der Waals surface area (Å²) in [6.07, 6.45) is 6.04. The molecule has 1 N–H and O–H groups in total. The number of pyridine rings is 1. The number of nitrogens with one attached hydrogen (secondary N) is 1. The number of hydrogen-bond donors (Lipinski definition) is 1. The Morgan fingerprint density at radius 1 is 1.27 bits per heavy atom. The van der Waals surface area contributed by atoms with Gasteiger partial charge in [-0.25, -0.2) is 0 Å². The molecule has 1 aliphatic rings. The van der Waals surface area contributed by atoms with Crippen LogP contribution in [0.1, 0.15) is 40.9 Å². The van der Waals surface area contributed by atoms with Gasteiger partial charge in [0.05, 0.1) is 0 Å². The summed E-state index contributed by atoms with van der Waals surface area (Å²) in [5, 5.41) is 3.49. The lowest BCUT2D eigenvalue weighted by atomic mass is 9.85. The fourth-order valence-electron chi connectivity index (χ4n) is 2.96. The van der Waals surface area contributed by atoms with E-state index in [-0.39, 0.29) is 11.3 Å². The molecule has 0 spiro atoms. The maximum atomic E-state index is 12.6. The van der Waals surface area contributed by atoms with E-state index < -0.39 is 0 Å². The van der Waals surface area contributed by atoms with Crippen LogP contribution in [-0.2, 0) is 6.42 Å². The van der Waals surface area contributed by atoms with Gasteiger partial charge in [-0.2, -0.15) is 0 Å². The van der Waals surface area contributed by atoms with Crippen molar-refractivity contribution in [1.82, 2.24) is 10.3 Å². The largest absolute Gasteiger partial charge is 0.379 e. The zero-order valence-electron chi connectivity index (χ0n) is 13.2. The molecule has 0 atom stereocenters. The van der Waals surface area contributed by atoms with Crippen molar-refractivity contribution < 1.29 is 4.79 Å². The van der Waals surface area contributed by atoms with E-state index >= 15 is 0 Å². The van der Waals surface area contributed by atoms with Crippen LogP contribution in [0.15, 0.2) is 48.8 Å². The number of nitrogens with zero attached hydrogens (tertiary/aromatic N) is 1. The SMILES string of the molecule is Cc1cnccc1C(=O)/C=C1/NC(C)(C)Cc2ccccc21. The lowest BCUT2D eigenvalue weighted by Gasteiger charge is -2.35. The second-order valence-electron chi connectivity index (χ2n) is 6.46. The highest BCUT2D eigenvalue weighted by atomic mass is 16.1.